The van der Waals surface area contributed by atoms with E-state index in [9.17, 15) is 13.5 Å². The number of rotatable bonds is 2. The Morgan fingerprint density at radius 2 is 2.24 bits per heavy atom. The zero-order valence-corrected chi connectivity index (χ0v) is 11.0. The molecule has 0 aromatic rings. The molecule has 6 heteroatoms. The van der Waals surface area contributed by atoms with Crippen LogP contribution in [-0.4, -0.2) is 68.4 Å². The normalized spacial score (nSPS) is 39.1. The molecule has 0 radical (unpaired) electrons. The van der Waals surface area contributed by atoms with Gasteiger partial charge in [0.05, 0.1) is 24.2 Å². The Labute approximate surface area is 103 Å². The van der Waals surface area contributed by atoms with Crippen LogP contribution in [0, 0.1) is 5.92 Å². The molecule has 5 nitrogen and oxygen atoms in total. The minimum atomic E-state index is -2.85. The summed E-state index contributed by atoms with van der Waals surface area (Å²) < 4.78 is 28.3. The van der Waals surface area contributed by atoms with Crippen molar-refractivity contribution in [3.63, 3.8) is 0 Å². The summed E-state index contributed by atoms with van der Waals surface area (Å²) in [6.07, 6.45) is 0.375. The number of nitrogens with zero attached hydrogens (tertiary/aromatic N) is 1. The van der Waals surface area contributed by atoms with Crippen LogP contribution in [0.4, 0.5) is 0 Å². The Kier molecular flexibility index (Phi) is 4.07. The predicted octanol–water partition coefficient (Wildman–Crippen LogP) is -0.497. The molecule has 0 amide bonds. The molecule has 0 aliphatic carbocycles. The largest absolute Gasteiger partial charge is 0.393 e. The van der Waals surface area contributed by atoms with Gasteiger partial charge in [0.25, 0.3) is 0 Å². The lowest BCUT2D eigenvalue weighted by Crippen LogP contribution is -2.51. The summed E-state index contributed by atoms with van der Waals surface area (Å²) in [5.41, 5.74) is 0. The van der Waals surface area contributed by atoms with Crippen molar-refractivity contribution in [3.8, 4) is 0 Å². The van der Waals surface area contributed by atoms with Crippen molar-refractivity contribution in [1.29, 1.82) is 0 Å². The van der Waals surface area contributed by atoms with Crippen LogP contribution in [0.15, 0.2) is 0 Å². The van der Waals surface area contributed by atoms with Crippen molar-refractivity contribution >= 4 is 9.84 Å². The molecule has 1 N–H and O–H groups in total. The van der Waals surface area contributed by atoms with Crippen molar-refractivity contribution in [2.45, 2.75) is 25.5 Å². The van der Waals surface area contributed by atoms with E-state index < -0.39 is 9.84 Å². The Bertz CT molecular complexity index is 356. The highest BCUT2D eigenvalue weighted by Gasteiger charge is 2.32. The molecule has 100 valence electrons. The SMILES string of the molecule is CC1CS(=O)(=O)CCN1CC1COCCC1O. The summed E-state index contributed by atoms with van der Waals surface area (Å²) in [4.78, 5) is 2.16. The van der Waals surface area contributed by atoms with Gasteiger partial charge in [0, 0.05) is 31.7 Å². The second-order valence-electron chi connectivity index (χ2n) is 5.15. The van der Waals surface area contributed by atoms with Gasteiger partial charge in [0.2, 0.25) is 0 Å². The van der Waals surface area contributed by atoms with Crippen molar-refractivity contribution in [2.24, 2.45) is 5.92 Å². The third-order valence-electron chi connectivity index (χ3n) is 3.71. The average molecular weight is 263 g/mol. The number of aliphatic hydroxyl groups excluding tert-OH is 1. The van der Waals surface area contributed by atoms with E-state index in [1.807, 2.05) is 6.92 Å². The van der Waals surface area contributed by atoms with Crippen LogP contribution < -0.4 is 0 Å². The molecule has 17 heavy (non-hydrogen) atoms. The van der Waals surface area contributed by atoms with Gasteiger partial charge in [-0.1, -0.05) is 0 Å². The van der Waals surface area contributed by atoms with E-state index in [1.54, 1.807) is 0 Å². The highest BCUT2D eigenvalue weighted by atomic mass is 32.2. The monoisotopic (exact) mass is 263 g/mol. The van der Waals surface area contributed by atoms with Crippen LogP contribution in [0.1, 0.15) is 13.3 Å². The summed E-state index contributed by atoms with van der Waals surface area (Å²) in [6, 6.07) is 0.0443. The van der Waals surface area contributed by atoms with Gasteiger partial charge in [-0.15, -0.1) is 0 Å². The first-order chi connectivity index (χ1) is 7.98. The van der Waals surface area contributed by atoms with Crippen LogP contribution in [0.5, 0.6) is 0 Å². The molecular formula is C11H21NO4S. The van der Waals surface area contributed by atoms with E-state index in [-0.39, 0.29) is 29.6 Å². The molecule has 3 atom stereocenters. The van der Waals surface area contributed by atoms with E-state index in [1.165, 1.54) is 0 Å². The van der Waals surface area contributed by atoms with Gasteiger partial charge >= 0.3 is 0 Å². The van der Waals surface area contributed by atoms with Crippen LogP contribution in [0.2, 0.25) is 0 Å². The van der Waals surface area contributed by atoms with E-state index in [0.29, 0.717) is 26.2 Å². The van der Waals surface area contributed by atoms with Crippen LogP contribution in [0.25, 0.3) is 0 Å². The highest BCUT2D eigenvalue weighted by Crippen LogP contribution is 2.19. The third-order valence-corrected chi connectivity index (χ3v) is 5.51. The van der Waals surface area contributed by atoms with E-state index in [2.05, 4.69) is 4.90 Å². The summed E-state index contributed by atoms with van der Waals surface area (Å²) >= 11 is 0. The Hall–Kier alpha value is -0.170. The first kappa shape index (κ1) is 13.3. The maximum absolute atomic E-state index is 11.5. The maximum atomic E-state index is 11.5. The topological polar surface area (TPSA) is 66.8 Å². The van der Waals surface area contributed by atoms with Crippen LogP contribution in [0.3, 0.4) is 0 Å². The molecule has 0 aromatic carbocycles. The number of hydrogen-bond donors (Lipinski definition) is 1. The molecule has 2 aliphatic heterocycles. The number of ether oxygens (including phenoxy) is 1. The smallest absolute Gasteiger partial charge is 0.153 e. The molecular weight excluding hydrogens is 242 g/mol. The average Bonchev–Trinajstić information content (AvgIpc) is 2.24. The molecule has 0 bridgehead atoms. The van der Waals surface area contributed by atoms with Gasteiger partial charge in [0.15, 0.2) is 9.84 Å². The summed E-state index contributed by atoms with van der Waals surface area (Å²) in [5.74, 6) is 0.588. The van der Waals surface area contributed by atoms with E-state index in [0.717, 1.165) is 6.54 Å². The Balaban J connectivity index is 1.91. The molecule has 0 saturated carbocycles. The maximum Gasteiger partial charge on any atom is 0.153 e. The second-order valence-corrected chi connectivity index (χ2v) is 7.38. The molecule has 0 spiro atoms. The number of sulfone groups is 1. The van der Waals surface area contributed by atoms with Gasteiger partial charge in [0.1, 0.15) is 0 Å². The lowest BCUT2D eigenvalue weighted by molar-refractivity contribution is -0.0489. The van der Waals surface area contributed by atoms with Gasteiger partial charge in [-0.05, 0) is 13.3 Å². The first-order valence-electron chi connectivity index (χ1n) is 6.18. The van der Waals surface area contributed by atoms with Crippen molar-refractivity contribution in [1.82, 2.24) is 4.90 Å². The predicted molar refractivity (Wildman–Crippen MR) is 64.6 cm³/mol. The minimum absolute atomic E-state index is 0.0443. The minimum Gasteiger partial charge on any atom is -0.393 e. The molecule has 0 aromatic heterocycles. The second kappa shape index (κ2) is 5.22. The van der Waals surface area contributed by atoms with Gasteiger partial charge in [-0.25, -0.2) is 8.42 Å². The molecule has 2 fully saturated rings. The lowest BCUT2D eigenvalue weighted by atomic mass is 9.97. The third kappa shape index (κ3) is 3.40. The Morgan fingerprint density at radius 1 is 1.47 bits per heavy atom. The van der Waals surface area contributed by atoms with Crippen molar-refractivity contribution in [2.75, 3.05) is 37.8 Å². The molecule has 2 aliphatic rings. The quantitative estimate of drug-likeness (QED) is 0.728. The number of aliphatic hydroxyl groups is 1. The highest BCUT2D eigenvalue weighted by molar-refractivity contribution is 7.91. The molecule has 2 heterocycles. The zero-order valence-electron chi connectivity index (χ0n) is 10.2. The zero-order chi connectivity index (χ0) is 12.5. The fraction of sp³-hybridized carbons (Fsp3) is 1.00. The van der Waals surface area contributed by atoms with Gasteiger partial charge in [-0.3, -0.25) is 4.90 Å². The summed E-state index contributed by atoms with van der Waals surface area (Å²) in [6.45, 7) is 4.45. The summed E-state index contributed by atoms with van der Waals surface area (Å²) in [7, 11) is -2.85. The van der Waals surface area contributed by atoms with Crippen molar-refractivity contribution < 1.29 is 18.3 Å². The van der Waals surface area contributed by atoms with Gasteiger partial charge < -0.3 is 9.84 Å². The Morgan fingerprint density at radius 3 is 2.88 bits per heavy atom. The van der Waals surface area contributed by atoms with Crippen molar-refractivity contribution in [3.05, 3.63) is 0 Å². The molecule has 2 rings (SSSR count). The fourth-order valence-electron chi connectivity index (χ4n) is 2.57. The van der Waals surface area contributed by atoms with Crippen LogP contribution >= 0.6 is 0 Å². The summed E-state index contributed by atoms with van der Waals surface area (Å²) in [5, 5.41) is 9.86. The fourth-order valence-corrected chi connectivity index (χ4v) is 4.19. The standard InChI is InChI=1S/C11H21NO4S/c1-9-8-17(14,15)5-3-12(9)6-10-7-16-4-2-11(10)13/h9-11,13H,2-8H2,1H3. The number of hydrogen-bond acceptors (Lipinski definition) is 5. The molecule has 3 unspecified atom stereocenters. The lowest BCUT2D eigenvalue weighted by Gasteiger charge is -2.38. The van der Waals surface area contributed by atoms with Gasteiger partial charge in [-0.2, -0.15) is 0 Å². The van der Waals surface area contributed by atoms with Crippen LogP contribution in [-0.2, 0) is 14.6 Å². The molecule has 2 saturated heterocycles. The van der Waals surface area contributed by atoms with E-state index >= 15 is 0 Å². The van der Waals surface area contributed by atoms with E-state index in [4.69, 9.17) is 4.74 Å². The first-order valence-corrected chi connectivity index (χ1v) is 8.00.